The fourth-order valence-corrected chi connectivity index (χ4v) is 3.95. The van der Waals surface area contributed by atoms with Crippen molar-refractivity contribution >= 4 is 5.91 Å². The predicted octanol–water partition coefficient (Wildman–Crippen LogP) is 2.17. The summed E-state index contributed by atoms with van der Waals surface area (Å²) in [5, 5.41) is 24.0. The number of nitrogens with one attached hydrogen (secondary N) is 1. The van der Waals surface area contributed by atoms with Gasteiger partial charge in [-0.15, -0.1) is 0 Å². The summed E-state index contributed by atoms with van der Waals surface area (Å²) >= 11 is 0. The van der Waals surface area contributed by atoms with Gasteiger partial charge >= 0.3 is 0 Å². The van der Waals surface area contributed by atoms with E-state index in [1.807, 2.05) is 30.3 Å². The van der Waals surface area contributed by atoms with Gasteiger partial charge in [-0.25, -0.2) is 0 Å². The van der Waals surface area contributed by atoms with Gasteiger partial charge in [0.25, 0.3) is 0 Å². The van der Waals surface area contributed by atoms with E-state index in [-0.39, 0.29) is 18.2 Å². The van der Waals surface area contributed by atoms with Crippen molar-refractivity contribution in [3.05, 3.63) is 83.0 Å². The average Bonchev–Trinajstić information content (AvgIpc) is 2.74. The number of aromatic nitrogens is 1. The Labute approximate surface area is 169 Å². The molecule has 6 heteroatoms. The number of carbonyl (C=O) groups excluding carboxylic acids is 1. The molecule has 2 heterocycles. The first-order valence-electron chi connectivity index (χ1n) is 9.58. The number of nitrogens with zero attached hydrogens (tertiary/aromatic N) is 1. The minimum Gasteiger partial charge on any atom is -0.508 e. The monoisotopic (exact) mass is 389 g/mol. The number of nitrogens with two attached hydrogens (primary N) is 1. The van der Waals surface area contributed by atoms with Crippen molar-refractivity contribution in [2.45, 2.75) is 31.5 Å². The van der Waals surface area contributed by atoms with E-state index in [9.17, 15) is 15.0 Å². The summed E-state index contributed by atoms with van der Waals surface area (Å²) in [5.41, 5.74) is 10.4. The molecule has 148 valence electrons. The Bertz CT molecular complexity index is 1040. The minimum absolute atomic E-state index is 0.176. The lowest BCUT2D eigenvalue weighted by molar-refractivity contribution is 0.0995. The van der Waals surface area contributed by atoms with Crippen LogP contribution in [0.1, 0.15) is 27.0 Å². The van der Waals surface area contributed by atoms with Crippen LogP contribution in [-0.4, -0.2) is 33.3 Å². The van der Waals surface area contributed by atoms with Gasteiger partial charge in [-0.1, -0.05) is 24.3 Å². The second kappa shape index (κ2) is 8.03. The van der Waals surface area contributed by atoms with Crippen LogP contribution in [0.5, 0.6) is 5.75 Å². The highest BCUT2D eigenvalue weighted by Gasteiger charge is 2.27. The Balaban J connectivity index is 1.63. The first-order valence-corrected chi connectivity index (χ1v) is 9.58. The van der Waals surface area contributed by atoms with Crippen molar-refractivity contribution < 1.29 is 15.0 Å². The molecule has 1 aromatic heterocycles. The van der Waals surface area contributed by atoms with Crippen molar-refractivity contribution in [3.8, 4) is 17.0 Å². The van der Waals surface area contributed by atoms with Crippen molar-refractivity contribution in [1.29, 1.82) is 0 Å². The molecule has 1 aliphatic heterocycles. The van der Waals surface area contributed by atoms with Crippen LogP contribution in [0, 0.1) is 0 Å². The van der Waals surface area contributed by atoms with Gasteiger partial charge in [-0.3, -0.25) is 9.78 Å². The molecule has 0 aliphatic carbocycles. The molecule has 0 fully saturated rings. The third kappa shape index (κ3) is 3.99. The summed E-state index contributed by atoms with van der Waals surface area (Å²) < 4.78 is 0. The van der Waals surface area contributed by atoms with Crippen LogP contribution in [0.2, 0.25) is 0 Å². The number of benzene rings is 2. The highest BCUT2D eigenvalue weighted by Crippen LogP contribution is 2.28. The Morgan fingerprint density at radius 3 is 2.79 bits per heavy atom. The van der Waals surface area contributed by atoms with E-state index in [1.54, 1.807) is 30.5 Å². The van der Waals surface area contributed by atoms with Gasteiger partial charge in [0.05, 0.1) is 11.8 Å². The van der Waals surface area contributed by atoms with Crippen LogP contribution in [-0.2, 0) is 19.4 Å². The zero-order valence-corrected chi connectivity index (χ0v) is 15.9. The maximum atomic E-state index is 12.0. The fourth-order valence-electron chi connectivity index (χ4n) is 3.95. The highest BCUT2D eigenvalue weighted by molar-refractivity contribution is 5.96. The number of hydrogen-bond donors (Lipinski definition) is 4. The molecule has 0 radical (unpaired) electrons. The lowest BCUT2D eigenvalue weighted by Crippen LogP contribution is -2.45. The Morgan fingerprint density at radius 1 is 1.17 bits per heavy atom. The number of amides is 1. The molecule has 0 unspecified atom stereocenters. The number of carbonyl (C=O) groups is 1. The van der Waals surface area contributed by atoms with Gasteiger partial charge < -0.3 is 21.3 Å². The number of aliphatic hydroxyl groups excluding tert-OH is 1. The Hall–Kier alpha value is -3.22. The molecule has 0 spiro atoms. The Kier molecular flexibility index (Phi) is 5.29. The third-order valence-electron chi connectivity index (χ3n) is 5.44. The summed E-state index contributed by atoms with van der Waals surface area (Å²) in [5.74, 6) is -0.289. The number of phenols is 1. The van der Waals surface area contributed by atoms with Gasteiger partial charge in [0, 0.05) is 36.3 Å². The summed E-state index contributed by atoms with van der Waals surface area (Å²) in [6, 6.07) is 16.1. The summed E-state index contributed by atoms with van der Waals surface area (Å²) in [6.07, 6.45) is 1.88. The standard InChI is InChI=1S/C23H23N3O3/c24-23(29)18-5-3-4-17(20-6-1-2-9-25-20)19(18)12-22(28)21-11-14-7-8-16(27)10-15(14)13-26-21/h1-10,21-22,26-28H,11-13H2,(H2,24,29)/t21-,22+/m0/s1. The molecular weight excluding hydrogens is 366 g/mol. The molecule has 0 bridgehead atoms. The average molecular weight is 389 g/mol. The van der Waals surface area contributed by atoms with Crippen molar-refractivity contribution in [1.82, 2.24) is 10.3 Å². The van der Waals surface area contributed by atoms with E-state index < -0.39 is 12.0 Å². The van der Waals surface area contributed by atoms with E-state index in [4.69, 9.17) is 5.73 Å². The molecule has 0 saturated heterocycles. The summed E-state index contributed by atoms with van der Waals surface area (Å²) in [6.45, 7) is 0.566. The SMILES string of the molecule is NC(=O)c1cccc(-c2ccccn2)c1C[C@@H](O)[C@@H]1Cc2ccc(O)cc2CN1. The van der Waals surface area contributed by atoms with E-state index >= 15 is 0 Å². The van der Waals surface area contributed by atoms with Gasteiger partial charge in [0.1, 0.15) is 5.75 Å². The molecular formula is C23H23N3O3. The minimum atomic E-state index is -0.722. The molecule has 6 nitrogen and oxygen atoms in total. The van der Waals surface area contributed by atoms with Crippen LogP contribution in [0.15, 0.2) is 60.8 Å². The molecule has 2 aromatic carbocycles. The molecule has 29 heavy (non-hydrogen) atoms. The lowest BCUT2D eigenvalue weighted by atomic mass is 9.87. The largest absolute Gasteiger partial charge is 0.508 e. The first kappa shape index (κ1) is 19.1. The first-order chi connectivity index (χ1) is 14.0. The Morgan fingerprint density at radius 2 is 2.03 bits per heavy atom. The molecule has 2 atom stereocenters. The zero-order chi connectivity index (χ0) is 20.4. The van der Waals surface area contributed by atoms with Gasteiger partial charge in [0.2, 0.25) is 5.91 Å². The fraction of sp³-hybridized carbons (Fsp3) is 0.217. The maximum absolute atomic E-state index is 12.0. The molecule has 5 N–H and O–H groups in total. The molecule has 3 aromatic rings. The van der Waals surface area contributed by atoms with Gasteiger partial charge in [-0.2, -0.15) is 0 Å². The van der Waals surface area contributed by atoms with E-state index in [0.717, 1.165) is 22.4 Å². The number of rotatable bonds is 5. The molecule has 1 aliphatic rings. The number of phenolic OH excluding ortho intramolecular Hbond substituents is 1. The smallest absolute Gasteiger partial charge is 0.249 e. The van der Waals surface area contributed by atoms with E-state index in [1.165, 1.54) is 0 Å². The second-order valence-corrected chi connectivity index (χ2v) is 7.33. The summed E-state index contributed by atoms with van der Waals surface area (Å²) in [4.78, 5) is 16.4. The number of hydrogen-bond acceptors (Lipinski definition) is 5. The lowest BCUT2D eigenvalue weighted by Gasteiger charge is -2.30. The number of aliphatic hydroxyl groups is 1. The number of pyridine rings is 1. The van der Waals surface area contributed by atoms with Crippen LogP contribution in [0.25, 0.3) is 11.3 Å². The van der Waals surface area contributed by atoms with Crippen LogP contribution < -0.4 is 11.1 Å². The van der Waals surface area contributed by atoms with Crippen molar-refractivity contribution in [2.75, 3.05) is 0 Å². The topological polar surface area (TPSA) is 108 Å². The van der Waals surface area contributed by atoms with Crippen LogP contribution in [0.3, 0.4) is 0 Å². The molecule has 1 amide bonds. The van der Waals surface area contributed by atoms with E-state index in [0.29, 0.717) is 24.1 Å². The summed E-state index contributed by atoms with van der Waals surface area (Å²) in [7, 11) is 0. The zero-order valence-electron chi connectivity index (χ0n) is 15.9. The van der Waals surface area contributed by atoms with Gasteiger partial charge in [-0.05, 0) is 53.4 Å². The molecule has 4 rings (SSSR count). The predicted molar refractivity (Wildman–Crippen MR) is 110 cm³/mol. The third-order valence-corrected chi connectivity index (χ3v) is 5.44. The second-order valence-electron chi connectivity index (χ2n) is 7.33. The van der Waals surface area contributed by atoms with E-state index in [2.05, 4.69) is 10.3 Å². The normalized spacial score (nSPS) is 16.8. The number of aromatic hydroxyl groups is 1. The quantitative estimate of drug-likeness (QED) is 0.535. The maximum Gasteiger partial charge on any atom is 0.249 e. The molecule has 0 saturated carbocycles. The van der Waals surface area contributed by atoms with Gasteiger partial charge in [0.15, 0.2) is 0 Å². The van der Waals surface area contributed by atoms with Crippen LogP contribution in [0.4, 0.5) is 0 Å². The number of fused-ring (bicyclic) bond motifs is 1. The van der Waals surface area contributed by atoms with Crippen LogP contribution >= 0.6 is 0 Å². The van der Waals surface area contributed by atoms with Crippen molar-refractivity contribution in [2.24, 2.45) is 5.73 Å². The number of primary amides is 1. The van der Waals surface area contributed by atoms with Crippen molar-refractivity contribution in [3.63, 3.8) is 0 Å². The highest BCUT2D eigenvalue weighted by atomic mass is 16.3.